The number of rotatable bonds is 0. The highest BCUT2D eigenvalue weighted by atomic mass is 32.2. The topological polar surface area (TPSA) is 29.1 Å². The third-order valence-corrected chi connectivity index (χ3v) is 5.58. The second-order valence-electron chi connectivity index (χ2n) is 5.67. The van der Waals surface area contributed by atoms with Crippen LogP contribution in [0.3, 0.4) is 0 Å². The highest BCUT2D eigenvalue weighted by Gasteiger charge is 2.41. The quantitative estimate of drug-likeness (QED) is 0.666. The van der Waals surface area contributed by atoms with E-state index in [4.69, 9.17) is 0 Å². The molecule has 0 bridgehead atoms. The summed E-state index contributed by atoms with van der Waals surface area (Å²) < 4.78 is 12.0. The van der Waals surface area contributed by atoms with Gasteiger partial charge in [0.25, 0.3) is 0 Å². The van der Waals surface area contributed by atoms with Crippen LogP contribution in [-0.2, 0) is 10.8 Å². The van der Waals surface area contributed by atoms with Crippen molar-refractivity contribution in [3.63, 3.8) is 0 Å². The van der Waals surface area contributed by atoms with Gasteiger partial charge < -0.3 is 5.32 Å². The summed E-state index contributed by atoms with van der Waals surface area (Å²) in [5, 5.41) is 4.01. The van der Waals surface area contributed by atoms with Gasteiger partial charge in [-0.2, -0.15) is 0 Å². The smallest absolute Gasteiger partial charge is 0.0507 e. The van der Waals surface area contributed by atoms with Crippen LogP contribution in [0.25, 0.3) is 0 Å². The standard InChI is InChI=1S/C11H21NOS/c1-8-7-14(13)10-6-11(2,3)5-4-9(10)12-8/h8-10,12H,4-7H2,1-3H3. The molecule has 0 aromatic carbocycles. The summed E-state index contributed by atoms with van der Waals surface area (Å²) in [5.41, 5.74) is 0.402. The van der Waals surface area contributed by atoms with Crippen LogP contribution in [-0.4, -0.2) is 27.3 Å². The average Bonchev–Trinajstić information content (AvgIpc) is 2.06. The van der Waals surface area contributed by atoms with Crippen molar-refractivity contribution in [2.75, 3.05) is 5.75 Å². The van der Waals surface area contributed by atoms with Crippen molar-refractivity contribution in [3.8, 4) is 0 Å². The zero-order valence-corrected chi connectivity index (χ0v) is 10.2. The van der Waals surface area contributed by atoms with E-state index in [2.05, 4.69) is 26.1 Å². The molecule has 3 heteroatoms. The molecule has 2 nitrogen and oxygen atoms in total. The molecule has 2 aliphatic rings. The Balaban J connectivity index is 2.10. The van der Waals surface area contributed by atoms with Crippen LogP contribution in [0.1, 0.15) is 40.0 Å². The fourth-order valence-corrected chi connectivity index (χ4v) is 4.83. The summed E-state index contributed by atoms with van der Waals surface area (Å²) in [5.74, 6) is 0.844. The fraction of sp³-hybridized carbons (Fsp3) is 1.00. The molecular weight excluding hydrogens is 194 g/mol. The zero-order valence-electron chi connectivity index (χ0n) is 9.38. The van der Waals surface area contributed by atoms with Crippen LogP contribution < -0.4 is 5.32 Å². The third kappa shape index (κ3) is 2.03. The molecule has 2 fully saturated rings. The maximum Gasteiger partial charge on any atom is 0.0507 e. The first-order valence-corrected chi connectivity index (χ1v) is 6.99. The van der Waals surface area contributed by atoms with Gasteiger partial charge >= 0.3 is 0 Å². The lowest BCUT2D eigenvalue weighted by Crippen LogP contribution is -2.57. The number of hydrogen-bond donors (Lipinski definition) is 1. The molecule has 82 valence electrons. The predicted octanol–water partition coefficient (Wildman–Crippen LogP) is 1.67. The van der Waals surface area contributed by atoms with Crippen molar-refractivity contribution < 1.29 is 4.21 Å². The van der Waals surface area contributed by atoms with Gasteiger partial charge in [0.15, 0.2) is 0 Å². The Kier molecular flexibility index (Phi) is 2.73. The molecule has 4 atom stereocenters. The van der Waals surface area contributed by atoms with Gasteiger partial charge in [0.2, 0.25) is 0 Å². The van der Waals surface area contributed by atoms with Gasteiger partial charge in [-0.1, -0.05) is 13.8 Å². The molecule has 0 amide bonds. The van der Waals surface area contributed by atoms with Crippen LogP contribution >= 0.6 is 0 Å². The van der Waals surface area contributed by atoms with Gasteiger partial charge in [0.1, 0.15) is 0 Å². The summed E-state index contributed by atoms with van der Waals surface area (Å²) in [7, 11) is -0.596. The molecule has 1 N–H and O–H groups in total. The fourth-order valence-electron chi connectivity index (χ4n) is 2.77. The van der Waals surface area contributed by atoms with E-state index in [0.717, 1.165) is 12.2 Å². The van der Waals surface area contributed by atoms with E-state index in [1.807, 2.05) is 0 Å². The Morgan fingerprint density at radius 1 is 1.43 bits per heavy atom. The zero-order chi connectivity index (χ0) is 10.3. The Hall–Kier alpha value is 0.110. The SMILES string of the molecule is CC1CS(=O)C2CC(C)(C)CCC2N1. The van der Waals surface area contributed by atoms with Crippen LogP contribution in [0.2, 0.25) is 0 Å². The summed E-state index contributed by atoms with van der Waals surface area (Å²) >= 11 is 0. The molecule has 4 unspecified atom stereocenters. The first kappa shape index (κ1) is 10.6. The van der Waals surface area contributed by atoms with Gasteiger partial charge in [-0.3, -0.25) is 4.21 Å². The van der Waals surface area contributed by atoms with E-state index < -0.39 is 10.8 Å². The van der Waals surface area contributed by atoms with Crippen LogP contribution in [0.15, 0.2) is 0 Å². The normalized spacial score (nSPS) is 47.1. The minimum absolute atomic E-state index is 0.402. The monoisotopic (exact) mass is 215 g/mol. The highest BCUT2D eigenvalue weighted by molar-refractivity contribution is 7.85. The summed E-state index contributed by atoms with van der Waals surface area (Å²) in [6.45, 7) is 6.75. The Morgan fingerprint density at radius 3 is 2.86 bits per heavy atom. The van der Waals surface area contributed by atoms with Crippen molar-refractivity contribution in [2.24, 2.45) is 5.41 Å². The van der Waals surface area contributed by atoms with E-state index in [1.54, 1.807) is 0 Å². The summed E-state index contributed by atoms with van der Waals surface area (Å²) in [6.07, 6.45) is 3.60. The molecule has 1 heterocycles. The second kappa shape index (κ2) is 3.60. The van der Waals surface area contributed by atoms with Crippen molar-refractivity contribution >= 4 is 10.8 Å². The largest absolute Gasteiger partial charge is 0.309 e. The number of fused-ring (bicyclic) bond motifs is 1. The van der Waals surface area contributed by atoms with Gasteiger partial charge in [0.05, 0.1) is 5.25 Å². The summed E-state index contributed by atoms with van der Waals surface area (Å²) in [4.78, 5) is 0. The molecule has 1 saturated carbocycles. The molecule has 0 aromatic rings. The molecule has 1 aliphatic heterocycles. The lowest BCUT2D eigenvalue weighted by atomic mass is 9.75. The van der Waals surface area contributed by atoms with E-state index in [-0.39, 0.29) is 0 Å². The van der Waals surface area contributed by atoms with Gasteiger partial charge in [-0.15, -0.1) is 0 Å². The van der Waals surface area contributed by atoms with Crippen molar-refractivity contribution in [1.82, 2.24) is 5.32 Å². The second-order valence-corrected chi connectivity index (χ2v) is 7.37. The van der Waals surface area contributed by atoms with E-state index >= 15 is 0 Å². The molecule has 0 spiro atoms. The Labute approximate surface area is 89.3 Å². The number of nitrogens with one attached hydrogen (secondary N) is 1. The molecule has 0 aromatic heterocycles. The van der Waals surface area contributed by atoms with Crippen LogP contribution in [0.4, 0.5) is 0 Å². The Bertz CT molecular complexity index is 252. The van der Waals surface area contributed by atoms with Gasteiger partial charge in [0, 0.05) is 28.6 Å². The maximum atomic E-state index is 12.0. The first-order chi connectivity index (χ1) is 6.48. The van der Waals surface area contributed by atoms with E-state index in [0.29, 0.717) is 22.7 Å². The minimum atomic E-state index is -0.596. The average molecular weight is 215 g/mol. The van der Waals surface area contributed by atoms with Crippen LogP contribution in [0.5, 0.6) is 0 Å². The molecule has 2 rings (SSSR count). The highest BCUT2D eigenvalue weighted by Crippen LogP contribution is 2.38. The molecule has 1 saturated heterocycles. The van der Waals surface area contributed by atoms with E-state index in [1.165, 1.54) is 12.8 Å². The van der Waals surface area contributed by atoms with E-state index in [9.17, 15) is 4.21 Å². The summed E-state index contributed by atoms with van der Waals surface area (Å²) in [6, 6.07) is 0.964. The van der Waals surface area contributed by atoms with Crippen molar-refractivity contribution in [2.45, 2.75) is 57.4 Å². The first-order valence-electron chi connectivity index (χ1n) is 5.61. The van der Waals surface area contributed by atoms with Crippen molar-refractivity contribution in [1.29, 1.82) is 0 Å². The lowest BCUT2D eigenvalue weighted by molar-refractivity contribution is 0.201. The maximum absolute atomic E-state index is 12.0. The number of hydrogen-bond acceptors (Lipinski definition) is 2. The van der Waals surface area contributed by atoms with Crippen molar-refractivity contribution in [3.05, 3.63) is 0 Å². The molecule has 0 radical (unpaired) electrons. The third-order valence-electron chi connectivity index (χ3n) is 3.59. The molecule has 1 aliphatic carbocycles. The van der Waals surface area contributed by atoms with Gasteiger partial charge in [-0.25, -0.2) is 0 Å². The predicted molar refractivity (Wildman–Crippen MR) is 60.8 cm³/mol. The van der Waals surface area contributed by atoms with Gasteiger partial charge in [-0.05, 0) is 31.6 Å². The van der Waals surface area contributed by atoms with Crippen LogP contribution in [0, 0.1) is 5.41 Å². The minimum Gasteiger partial charge on any atom is -0.309 e. The molecular formula is C11H21NOS. The Morgan fingerprint density at radius 2 is 2.14 bits per heavy atom. The lowest BCUT2D eigenvalue weighted by Gasteiger charge is -2.44. The molecule has 14 heavy (non-hydrogen) atoms.